The number of benzene rings is 2. The summed E-state index contributed by atoms with van der Waals surface area (Å²) in [5.41, 5.74) is 3.45. The zero-order valence-electron chi connectivity index (χ0n) is 19.4. The first kappa shape index (κ1) is 22.6. The van der Waals surface area contributed by atoms with Gasteiger partial charge in [-0.3, -0.25) is 9.36 Å². The number of aromatic amines is 1. The lowest BCUT2D eigenvalue weighted by molar-refractivity contribution is -0.141. The number of aryl methyl sites for hydroxylation is 2. The number of hydrogen-bond acceptors (Lipinski definition) is 3. The van der Waals surface area contributed by atoms with E-state index >= 15 is 0 Å². The van der Waals surface area contributed by atoms with Gasteiger partial charge in [0, 0.05) is 22.7 Å². The first-order valence-corrected chi connectivity index (χ1v) is 11.3. The third kappa shape index (κ3) is 3.77. The molecule has 2 atom stereocenters. The Morgan fingerprint density at radius 1 is 1.12 bits per heavy atom. The molecule has 0 bridgehead atoms. The lowest BCUT2D eigenvalue weighted by Crippen LogP contribution is -2.45. The molecule has 0 saturated heterocycles. The highest BCUT2D eigenvalue weighted by molar-refractivity contribution is 5.88. The molecule has 2 aromatic heterocycles. The largest absolute Gasteiger partial charge is 0.480 e. The molecular weight excluding hydrogens is 418 g/mol. The summed E-state index contributed by atoms with van der Waals surface area (Å²) in [6, 6.07) is 9.43. The van der Waals surface area contributed by atoms with Gasteiger partial charge in [0.2, 0.25) is 0 Å². The summed E-state index contributed by atoms with van der Waals surface area (Å²) in [4.78, 5) is 42.5. The minimum absolute atomic E-state index is 0.221. The molecule has 2 aromatic carbocycles. The van der Waals surface area contributed by atoms with Crippen LogP contribution in [0.5, 0.6) is 0 Å². The Morgan fingerprint density at radius 2 is 1.85 bits per heavy atom. The Hall–Kier alpha value is -3.61. The van der Waals surface area contributed by atoms with Crippen LogP contribution < -0.4 is 11.2 Å². The molecule has 2 heterocycles. The van der Waals surface area contributed by atoms with Crippen LogP contribution in [0, 0.1) is 13.8 Å². The van der Waals surface area contributed by atoms with Crippen LogP contribution in [0.25, 0.3) is 21.8 Å². The Labute approximate surface area is 191 Å². The Balaban J connectivity index is 2.03. The van der Waals surface area contributed by atoms with Crippen molar-refractivity contribution in [3.05, 3.63) is 80.1 Å². The summed E-state index contributed by atoms with van der Waals surface area (Å²) in [5.74, 6) is -1.17. The summed E-state index contributed by atoms with van der Waals surface area (Å²) in [7, 11) is 0. The zero-order chi connectivity index (χ0) is 23.9. The van der Waals surface area contributed by atoms with Crippen molar-refractivity contribution in [3.63, 3.8) is 0 Å². The zero-order valence-corrected chi connectivity index (χ0v) is 19.4. The molecule has 4 rings (SSSR count). The molecule has 7 heteroatoms. The van der Waals surface area contributed by atoms with Crippen LogP contribution in [0.3, 0.4) is 0 Å². The maximum absolute atomic E-state index is 13.8. The number of H-pyrrole nitrogens is 1. The summed E-state index contributed by atoms with van der Waals surface area (Å²) in [6.45, 7) is 7.93. The van der Waals surface area contributed by atoms with E-state index in [1.165, 1.54) is 0 Å². The molecule has 0 aliphatic carbocycles. The normalized spacial score (nSPS) is 13.5. The predicted molar refractivity (Wildman–Crippen MR) is 130 cm³/mol. The van der Waals surface area contributed by atoms with Gasteiger partial charge in [0.25, 0.3) is 5.56 Å². The number of rotatable bonds is 7. The van der Waals surface area contributed by atoms with E-state index in [4.69, 9.17) is 0 Å². The summed E-state index contributed by atoms with van der Waals surface area (Å²) in [6.07, 6.45) is 3.49. The van der Waals surface area contributed by atoms with Gasteiger partial charge in [-0.05, 0) is 56.5 Å². The number of carbonyl (C=O) groups is 1. The molecule has 0 radical (unpaired) electrons. The van der Waals surface area contributed by atoms with Gasteiger partial charge in [-0.1, -0.05) is 38.0 Å². The van der Waals surface area contributed by atoms with Gasteiger partial charge in [0.15, 0.2) is 0 Å². The van der Waals surface area contributed by atoms with E-state index < -0.39 is 29.3 Å². The molecule has 2 N–H and O–H groups in total. The van der Waals surface area contributed by atoms with Crippen molar-refractivity contribution in [1.29, 1.82) is 0 Å². The van der Waals surface area contributed by atoms with E-state index in [9.17, 15) is 19.5 Å². The molecule has 0 spiro atoms. The SMILES string of the molecule is CCCC[C@H](C(=O)O)n1c(=O)c2ccccc2n(C(C)c2c[nH]c3cc(C)cc(C)c23)c1=O. The van der Waals surface area contributed by atoms with Gasteiger partial charge in [0.05, 0.1) is 16.9 Å². The topological polar surface area (TPSA) is 97.1 Å². The lowest BCUT2D eigenvalue weighted by atomic mass is 10.0. The maximum Gasteiger partial charge on any atom is 0.332 e. The predicted octanol–water partition coefficient (Wildman–Crippen LogP) is 4.69. The molecule has 172 valence electrons. The number of para-hydroxylation sites is 1. The number of aromatic nitrogens is 3. The first-order chi connectivity index (χ1) is 15.8. The van der Waals surface area contributed by atoms with Crippen LogP contribution in [0.15, 0.2) is 52.2 Å². The molecule has 33 heavy (non-hydrogen) atoms. The van der Waals surface area contributed by atoms with E-state index in [0.29, 0.717) is 17.3 Å². The number of aliphatic carboxylic acids is 1. The highest BCUT2D eigenvalue weighted by Crippen LogP contribution is 2.31. The van der Waals surface area contributed by atoms with Crippen LogP contribution in [-0.2, 0) is 4.79 Å². The number of carboxylic acid groups (broad SMARTS) is 1. The Morgan fingerprint density at radius 3 is 2.55 bits per heavy atom. The van der Waals surface area contributed by atoms with E-state index in [1.807, 2.05) is 33.9 Å². The molecule has 4 aromatic rings. The summed E-state index contributed by atoms with van der Waals surface area (Å²) >= 11 is 0. The van der Waals surface area contributed by atoms with Crippen molar-refractivity contribution in [3.8, 4) is 0 Å². The van der Waals surface area contributed by atoms with Gasteiger partial charge in [-0.15, -0.1) is 0 Å². The average molecular weight is 448 g/mol. The molecule has 0 aliphatic heterocycles. The third-order valence-corrected chi connectivity index (χ3v) is 6.44. The Bertz CT molecular complexity index is 1470. The van der Waals surface area contributed by atoms with Gasteiger partial charge in [-0.2, -0.15) is 0 Å². The van der Waals surface area contributed by atoms with Crippen molar-refractivity contribution < 1.29 is 9.90 Å². The molecule has 1 unspecified atom stereocenters. The lowest BCUT2D eigenvalue weighted by Gasteiger charge is -2.22. The molecule has 0 aliphatic rings. The van der Waals surface area contributed by atoms with E-state index in [-0.39, 0.29) is 6.42 Å². The van der Waals surface area contributed by atoms with Crippen LogP contribution in [-0.4, -0.2) is 25.2 Å². The third-order valence-electron chi connectivity index (χ3n) is 6.44. The number of nitrogens with zero attached hydrogens (tertiary/aromatic N) is 2. The highest BCUT2D eigenvalue weighted by Gasteiger charge is 2.27. The van der Waals surface area contributed by atoms with Crippen molar-refractivity contribution in [2.45, 2.75) is 59.0 Å². The maximum atomic E-state index is 13.8. The number of fused-ring (bicyclic) bond motifs is 2. The smallest absolute Gasteiger partial charge is 0.332 e. The fraction of sp³-hybridized carbons (Fsp3) is 0.346. The standard InChI is InChI=1S/C26H29N3O4/c1-5-6-10-22(25(31)32)29-24(30)18-9-7-8-11-21(18)28(26(29)33)17(4)19-14-27-20-13-15(2)12-16(3)23(19)20/h7-9,11-14,17,22,27H,5-6,10H2,1-4H3,(H,31,32)/t17?,22-/m1/s1. The Kier molecular flexibility index (Phi) is 5.97. The molecule has 0 amide bonds. The van der Waals surface area contributed by atoms with Crippen LogP contribution >= 0.6 is 0 Å². The number of carboxylic acids is 1. The highest BCUT2D eigenvalue weighted by atomic mass is 16.4. The van der Waals surface area contributed by atoms with Crippen molar-refractivity contribution in [2.24, 2.45) is 0 Å². The molecule has 0 saturated carbocycles. The van der Waals surface area contributed by atoms with Crippen molar-refractivity contribution in [1.82, 2.24) is 14.1 Å². The summed E-state index contributed by atoms with van der Waals surface area (Å²) in [5, 5.41) is 11.2. The molecular formula is C26H29N3O4. The first-order valence-electron chi connectivity index (χ1n) is 11.3. The van der Waals surface area contributed by atoms with E-state index in [2.05, 4.69) is 17.1 Å². The second-order valence-electron chi connectivity index (χ2n) is 8.77. The van der Waals surface area contributed by atoms with Gasteiger partial charge < -0.3 is 10.1 Å². The molecule has 0 fully saturated rings. The second kappa shape index (κ2) is 8.73. The number of nitrogens with one attached hydrogen (secondary N) is 1. The van der Waals surface area contributed by atoms with Crippen molar-refractivity contribution >= 4 is 27.8 Å². The quantitative estimate of drug-likeness (QED) is 0.430. The molecule has 7 nitrogen and oxygen atoms in total. The minimum Gasteiger partial charge on any atom is -0.480 e. The number of hydrogen-bond donors (Lipinski definition) is 2. The van der Waals surface area contributed by atoms with Gasteiger partial charge in [-0.25, -0.2) is 14.2 Å². The monoisotopic (exact) mass is 447 g/mol. The van der Waals surface area contributed by atoms with Gasteiger partial charge >= 0.3 is 11.7 Å². The van der Waals surface area contributed by atoms with Gasteiger partial charge in [0.1, 0.15) is 6.04 Å². The fourth-order valence-corrected chi connectivity index (χ4v) is 4.87. The second-order valence-corrected chi connectivity index (χ2v) is 8.77. The average Bonchev–Trinajstić information content (AvgIpc) is 3.20. The van der Waals surface area contributed by atoms with E-state index in [1.54, 1.807) is 28.8 Å². The van der Waals surface area contributed by atoms with Crippen LogP contribution in [0.4, 0.5) is 0 Å². The van der Waals surface area contributed by atoms with Crippen molar-refractivity contribution in [2.75, 3.05) is 0 Å². The number of unbranched alkanes of at least 4 members (excludes halogenated alkanes) is 1. The fourth-order valence-electron chi connectivity index (χ4n) is 4.87. The summed E-state index contributed by atoms with van der Waals surface area (Å²) < 4.78 is 2.49. The van der Waals surface area contributed by atoms with E-state index in [0.717, 1.165) is 38.6 Å². The van der Waals surface area contributed by atoms with Crippen LogP contribution in [0.2, 0.25) is 0 Å². The minimum atomic E-state index is -1.21. The van der Waals surface area contributed by atoms with Crippen LogP contribution in [0.1, 0.15) is 61.9 Å².